The molecule has 0 saturated heterocycles. The Morgan fingerprint density at radius 1 is 0.340 bits per heavy atom. The van der Waals surface area contributed by atoms with Crippen molar-refractivity contribution < 1.29 is 0 Å². The molecule has 3 aromatic carbocycles. The molecule has 10 rings (SSSR count). The lowest BCUT2D eigenvalue weighted by atomic mass is 10.1. The SMILES string of the molecule is c1ccc(-c2cc(-c3ccccc3)nc(-c3cc(-n4c5cccnc5c5ncccc54)cc(-n4c5cccnc5c5ncccc54)c3)n2)cc1. The van der Waals surface area contributed by atoms with Gasteiger partial charge in [-0.25, -0.2) is 9.97 Å². The van der Waals surface area contributed by atoms with Crippen LogP contribution in [0.5, 0.6) is 0 Å². The third-order valence-corrected chi connectivity index (χ3v) is 9.10. The van der Waals surface area contributed by atoms with Crippen molar-refractivity contribution in [1.29, 1.82) is 0 Å². The Bertz CT molecular complexity index is 2580. The highest BCUT2D eigenvalue weighted by Crippen LogP contribution is 2.36. The Morgan fingerprint density at radius 3 is 1.10 bits per heavy atom. The first-order chi connectivity index (χ1) is 24.8. The first kappa shape index (κ1) is 28.0. The van der Waals surface area contributed by atoms with Gasteiger partial charge in [0.2, 0.25) is 0 Å². The standard InChI is InChI=1S/C42H26N8/c1-3-11-27(12-4-1)32-26-33(28-13-5-2-6-14-28)48-42(47-32)29-23-30(49-34-15-7-19-43-38(34)39-35(49)16-8-20-44-39)25-31(24-29)50-36-17-9-21-45-40(36)41-37(50)18-10-22-46-41/h1-26H. The Hall–Kier alpha value is -7.06. The van der Waals surface area contributed by atoms with Crippen LogP contribution in [0.25, 0.3) is 89.4 Å². The highest BCUT2D eigenvalue weighted by Gasteiger charge is 2.20. The summed E-state index contributed by atoms with van der Waals surface area (Å²) < 4.78 is 4.45. The van der Waals surface area contributed by atoms with Crippen molar-refractivity contribution in [2.24, 2.45) is 0 Å². The molecule has 0 spiro atoms. The van der Waals surface area contributed by atoms with Crippen LogP contribution in [0.1, 0.15) is 0 Å². The van der Waals surface area contributed by atoms with E-state index in [0.717, 1.165) is 83.6 Å². The molecular formula is C42H26N8. The van der Waals surface area contributed by atoms with Crippen LogP contribution in [0.2, 0.25) is 0 Å². The molecule has 7 heterocycles. The molecular weight excluding hydrogens is 617 g/mol. The maximum absolute atomic E-state index is 5.21. The monoisotopic (exact) mass is 642 g/mol. The number of fused-ring (bicyclic) bond motifs is 6. The van der Waals surface area contributed by atoms with E-state index in [-0.39, 0.29) is 0 Å². The van der Waals surface area contributed by atoms with Gasteiger partial charge in [-0.2, -0.15) is 0 Å². The van der Waals surface area contributed by atoms with Crippen molar-refractivity contribution in [3.63, 3.8) is 0 Å². The van der Waals surface area contributed by atoms with E-state index in [1.54, 1.807) is 0 Å². The zero-order valence-electron chi connectivity index (χ0n) is 26.6. The maximum Gasteiger partial charge on any atom is 0.160 e. The van der Waals surface area contributed by atoms with E-state index in [4.69, 9.17) is 29.9 Å². The van der Waals surface area contributed by atoms with Gasteiger partial charge in [0.05, 0.1) is 33.5 Å². The van der Waals surface area contributed by atoms with Crippen molar-refractivity contribution >= 4 is 44.1 Å². The second-order valence-corrected chi connectivity index (χ2v) is 12.1. The highest BCUT2D eigenvalue weighted by atomic mass is 15.0. The van der Waals surface area contributed by atoms with E-state index in [1.165, 1.54) is 0 Å². The van der Waals surface area contributed by atoms with E-state index in [2.05, 4.69) is 81.9 Å². The van der Waals surface area contributed by atoms with Gasteiger partial charge in [-0.3, -0.25) is 19.9 Å². The predicted octanol–water partition coefficient (Wildman–Crippen LogP) is 9.25. The van der Waals surface area contributed by atoms with Crippen LogP contribution in [-0.2, 0) is 0 Å². The molecule has 10 aromatic rings. The summed E-state index contributed by atoms with van der Waals surface area (Å²) >= 11 is 0. The molecule has 0 N–H and O–H groups in total. The highest BCUT2D eigenvalue weighted by molar-refractivity contribution is 6.06. The summed E-state index contributed by atoms with van der Waals surface area (Å²) in [7, 11) is 0. The van der Waals surface area contributed by atoms with Crippen LogP contribution in [-0.4, -0.2) is 39.0 Å². The molecule has 8 heteroatoms. The summed E-state index contributed by atoms with van der Waals surface area (Å²) in [4.78, 5) is 29.4. The average Bonchev–Trinajstić information content (AvgIpc) is 3.71. The lowest BCUT2D eigenvalue weighted by molar-refractivity contribution is 1.12. The van der Waals surface area contributed by atoms with Gasteiger partial charge in [-0.15, -0.1) is 0 Å². The summed E-state index contributed by atoms with van der Waals surface area (Å²) in [6.07, 6.45) is 7.26. The van der Waals surface area contributed by atoms with Gasteiger partial charge in [-0.1, -0.05) is 60.7 Å². The number of rotatable bonds is 5. The molecule has 0 unspecified atom stereocenters. The number of aromatic nitrogens is 8. The number of benzene rings is 3. The lowest BCUT2D eigenvalue weighted by Gasteiger charge is -2.16. The minimum Gasteiger partial charge on any atom is -0.306 e. The van der Waals surface area contributed by atoms with Gasteiger partial charge < -0.3 is 9.13 Å². The zero-order valence-corrected chi connectivity index (χ0v) is 26.6. The first-order valence-corrected chi connectivity index (χ1v) is 16.4. The molecule has 0 aliphatic heterocycles. The Morgan fingerprint density at radius 2 is 0.720 bits per heavy atom. The molecule has 0 aliphatic carbocycles. The molecule has 0 saturated carbocycles. The van der Waals surface area contributed by atoms with E-state index >= 15 is 0 Å². The Labute approximate surface area is 286 Å². The van der Waals surface area contributed by atoms with E-state index in [1.807, 2.05) is 85.5 Å². The Balaban J connectivity index is 1.31. The second-order valence-electron chi connectivity index (χ2n) is 12.1. The summed E-state index contributed by atoms with van der Waals surface area (Å²) in [5.74, 6) is 0.613. The summed E-state index contributed by atoms with van der Waals surface area (Å²) in [6, 6.07) is 45.3. The molecule has 0 bridgehead atoms. The van der Waals surface area contributed by atoms with Crippen LogP contribution in [0.15, 0.2) is 158 Å². The quantitative estimate of drug-likeness (QED) is 0.186. The number of nitrogens with zero attached hydrogens (tertiary/aromatic N) is 8. The Kier molecular flexibility index (Phi) is 6.32. The van der Waals surface area contributed by atoms with Crippen molar-refractivity contribution in [3.05, 3.63) is 158 Å². The lowest BCUT2D eigenvalue weighted by Crippen LogP contribution is -2.02. The molecule has 7 aromatic heterocycles. The van der Waals surface area contributed by atoms with Crippen LogP contribution in [0.4, 0.5) is 0 Å². The van der Waals surface area contributed by atoms with Crippen molar-refractivity contribution in [2.45, 2.75) is 0 Å². The zero-order chi connectivity index (χ0) is 33.0. The number of hydrogen-bond donors (Lipinski definition) is 0. The maximum atomic E-state index is 5.21. The van der Waals surface area contributed by atoms with Crippen molar-refractivity contribution in [3.8, 4) is 45.3 Å². The fraction of sp³-hybridized carbons (Fsp3) is 0. The number of hydrogen-bond acceptors (Lipinski definition) is 6. The van der Waals surface area contributed by atoms with Gasteiger partial charge >= 0.3 is 0 Å². The first-order valence-electron chi connectivity index (χ1n) is 16.4. The molecule has 0 radical (unpaired) electrons. The molecule has 0 aliphatic rings. The topological polar surface area (TPSA) is 87.2 Å². The van der Waals surface area contributed by atoms with Crippen LogP contribution in [0.3, 0.4) is 0 Å². The van der Waals surface area contributed by atoms with Gasteiger partial charge in [0, 0.05) is 52.9 Å². The molecule has 0 amide bonds. The third kappa shape index (κ3) is 4.47. The normalized spacial score (nSPS) is 11.6. The fourth-order valence-electron chi connectivity index (χ4n) is 6.93. The minimum absolute atomic E-state index is 0.613. The average molecular weight is 643 g/mol. The van der Waals surface area contributed by atoms with Gasteiger partial charge in [-0.05, 0) is 72.8 Å². The van der Waals surface area contributed by atoms with Crippen LogP contribution >= 0.6 is 0 Å². The fourth-order valence-corrected chi connectivity index (χ4v) is 6.93. The molecule has 50 heavy (non-hydrogen) atoms. The van der Waals surface area contributed by atoms with E-state index < -0.39 is 0 Å². The number of pyridine rings is 4. The molecule has 8 nitrogen and oxygen atoms in total. The van der Waals surface area contributed by atoms with Gasteiger partial charge in [0.25, 0.3) is 0 Å². The van der Waals surface area contributed by atoms with Crippen molar-refractivity contribution in [1.82, 2.24) is 39.0 Å². The third-order valence-electron chi connectivity index (χ3n) is 9.10. The summed E-state index contributed by atoms with van der Waals surface area (Å²) in [5.41, 5.74) is 13.6. The van der Waals surface area contributed by atoms with Crippen molar-refractivity contribution in [2.75, 3.05) is 0 Å². The second kappa shape index (κ2) is 11.3. The summed E-state index contributed by atoms with van der Waals surface area (Å²) in [5, 5.41) is 0. The van der Waals surface area contributed by atoms with Gasteiger partial charge in [0.15, 0.2) is 5.82 Å². The summed E-state index contributed by atoms with van der Waals surface area (Å²) in [6.45, 7) is 0. The van der Waals surface area contributed by atoms with Gasteiger partial charge in [0.1, 0.15) is 22.1 Å². The predicted molar refractivity (Wildman–Crippen MR) is 198 cm³/mol. The van der Waals surface area contributed by atoms with Crippen LogP contribution < -0.4 is 0 Å². The molecule has 234 valence electrons. The minimum atomic E-state index is 0.613. The van der Waals surface area contributed by atoms with E-state index in [9.17, 15) is 0 Å². The largest absolute Gasteiger partial charge is 0.306 e. The molecule has 0 fully saturated rings. The smallest absolute Gasteiger partial charge is 0.160 e. The van der Waals surface area contributed by atoms with E-state index in [0.29, 0.717) is 5.82 Å². The molecule has 0 atom stereocenters. The van der Waals surface area contributed by atoms with Crippen LogP contribution in [0, 0.1) is 0 Å².